The number of hydrogen-bond acceptors (Lipinski definition) is 2. The normalized spacial score (nSPS) is 7.16. The van der Waals surface area contributed by atoms with Crippen molar-refractivity contribution in [1.82, 2.24) is 0 Å². The molecular formula is C16H10IrS2-2. The molecule has 0 aliphatic carbocycles. The Bertz CT molecular complexity index is 517. The molecule has 0 nitrogen and oxygen atoms in total. The van der Waals surface area contributed by atoms with Crippen molar-refractivity contribution >= 4 is 25.3 Å². The number of rotatable bonds is 0. The van der Waals surface area contributed by atoms with Crippen LogP contribution in [0.15, 0.2) is 60.7 Å². The summed E-state index contributed by atoms with van der Waals surface area (Å²) in [5.41, 5.74) is 1.96. The summed E-state index contributed by atoms with van der Waals surface area (Å²) in [6, 6.07) is 19.4. The van der Waals surface area contributed by atoms with Crippen LogP contribution >= 0.6 is 0 Å². The van der Waals surface area contributed by atoms with Gasteiger partial charge in [0.25, 0.3) is 0 Å². The first-order valence-electron chi connectivity index (χ1n) is 5.23. The zero-order valence-corrected chi connectivity index (χ0v) is 14.0. The molecule has 0 N–H and O–H groups in total. The van der Waals surface area contributed by atoms with Gasteiger partial charge in [0.15, 0.2) is 0 Å². The molecule has 0 amide bonds. The van der Waals surface area contributed by atoms with E-state index in [4.69, 9.17) is 0 Å². The van der Waals surface area contributed by atoms with E-state index in [0.29, 0.717) is 0 Å². The molecule has 0 atom stereocenters. The molecule has 97 valence electrons. The molecule has 0 saturated heterocycles. The van der Waals surface area contributed by atoms with Crippen molar-refractivity contribution < 1.29 is 20.1 Å². The predicted molar refractivity (Wildman–Crippen MR) is 81.4 cm³/mol. The van der Waals surface area contributed by atoms with Crippen molar-refractivity contribution in [2.24, 2.45) is 0 Å². The third-order valence-electron chi connectivity index (χ3n) is 1.94. The van der Waals surface area contributed by atoms with Crippen LogP contribution in [-0.2, 0) is 45.4 Å². The van der Waals surface area contributed by atoms with Crippen molar-refractivity contribution in [3.8, 4) is 22.3 Å². The van der Waals surface area contributed by atoms with Gasteiger partial charge in [-0.3, -0.25) is 0 Å². The minimum Gasteiger partial charge on any atom is -0.724 e. The van der Waals surface area contributed by atoms with E-state index < -0.39 is 0 Å². The Balaban J connectivity index is 0.000000324. The summed E-state index contributed by atoms with van der Waals surface area (Å²) < 4.78 is 0. The van der Waals surface area contributed by atoms with Gasteiger partial charge in [0.05, 0.1) is 0 Å². The maximum Gasteiger partial charge on any atom is 0.0227 e. The first-order chi connectivity index (χ1) is 8.86. The summed E-state index contributed by atoms with van der Waals surface area (Å²) >= 11 is 8.95. The zero-order chi connectivity index (χ0) is 13.1. The van der Waals surface area contributed by atoms with Gasteiger partial charge < -0.3 is 25.3 Å². The molecule has 0 spiro atoms. The molecule has 0 heterocycles. The van der Waals surface area contributed by atoms with Crippen molar-refractivity contribution in [2.45, 2.75) is 0 Å². The van der Waals surface area contributed by atoms with Crippen LogP contribution in [-0.4, -0.2) is 0 Å². The average Bonchev–Trinajstić information content (AvgIpc) is 2.43. The van der Waals surface area contributed by atoms with E-state index in [0.717, 1.165) is 11.1 Å². The first kappa shape index (κ1) is 17.6. The molecule has 1 radical (unpaired) electrons. The summed E-state index contributed by atoms with van der Waals surface area (Å²) in [7, 11) is 0. The molecule has 2 aromatic rings. The predicted octanol–water partition coefficient (Wildman–Crippen LogP) is 3.08. The fraction of sp³-hybridized carbons (Fsp3) is 0. The van der Waals surface area contributed by atoms with Crippen LogP contribution in [0, 0.1) is 22.3 Å². The Morgan fingerprint density at radius 3 is 1.16 bits per heavy atom. The summed E-state index contributed by atoms with van der Waals surface area (Å²) in [4.78, 5) is 0. The monoisotopic (exact) mass is 459 g/mol. The van der Waals surface area contributed by atoms with Crippen molar-refractivity contribution in [2.75, 3.05) is 0 Å². The second kappa shape index (κ2) is 11.7. The topological polar surface area (TPSA) is 0 Å². The van der Waals surface area contributed by atoms with Crippen molar-refractivity contribution in [1.29, 1.82) is 0 Å². The van der Waals surface area contributed by atoms with Gasteiger partial charge in [0.2, 0.25) is 0 Å². The van der Waals surface area contributed by atoms with Gasteiger partial charge in [-0.2, -0.15) is 0 Å². The molecule has 0 aliphatic rings. The molecule has 0 saturated carbocycles. The molecule has 0 aromatic heterocycles. The SMILES string of the molecule is [Ir].[S-]C#Cc1ccccc1.[S-]C#Cc1ccccc1. The van der Waals surface area contributed by atoms with Crippen LogP contribution in [0.1, 0.15) is 11.1 Å². The number of benzene rings is 2. The third-order valence-corrected chi connectivity index (χ3v) is 2.14. The van der Waals surface area contributed by atoms with Crippen LogP contribution in [0.3, 0.4) is 0 Å². The number of hydrogen-bond donors (Lipinski definition) is 0. The van der Waals surface area contributed by atoms with Crippen LogP contribution < -0.4 is 0 Å². The van der Waals surface area contributed by atoms with E-state index in [1.54, 1.807) is 0 Å². The molecule has 2 rings (SSSR count). The van der Waals surface area contributed by atoms with Gasteiger partial charge in [-0.1, -0.05) is 48.2 Å². The van der Waals surface area contributed by atoms with Gasteiger partial charge in [0.1, 0.15) is 0 Å². The summed E-state index contributed by atoms with van der Waals surface area (Å²) in [5.74, 6) is 5.54. The third kappa shape index (κ3) is 8.38. The summed E-state index contributed by atoms with van der Waals surface area (Å²) in [5, 5.41) is 4.83. The Kier molecular flexibility index (Phi) is 10.9. The second-order valence-corrected chi connectivity index (χ2v) is 3.59. The fourth-order valence-electron chi connectivity index (χ4n) is 1.16. The van der Waals surface area contributed by atoms with Crippen LogP contribution in [0.25, 0.3) is 0 Å². The largest absolute Gasteiger partial charge is 0.724 e. The van der Waals surface area contributed by atoms with E-state index in [1.807, 2.05) is 60.7 Å². The Labute approximate surface area is 139 Å². The minimum atomic E-state index is 0. The standard InChI is InChI=1S/2C8H6S.Ir/c2*9-7-6-8-4-2-1-3-5-8;/h2*1-5,9H;/p-2. The van der Waals surface area contributed by atoms with E-state index in [1.165, 1.54) is 0 Å². The zero-order valence-electron chi connectivity index (χ0n) is 9.92. The van der Waals surface area contributed by atoms with Gasteiger partial charge >= 0.3 is 0 Å². The van der Waals surface area contributed by atoms with E-state index in [9.17, 15) is 0 Å². The van der Waals surface area contributed by atoms with Crippen molar-refractivity contribution in [3.63, 3.8) is 0 Å². The van der Waals surface area contributed by atoms with Crippen LogP contribution in [0.4, 0.5) is 0 Å². The first-order valence-corrected chi connectivity index (χ1v) is 6.05. The van der Waals surface area contributed by atoms with Gasteiger partial charge in [-0.25, -0.2) is 10.5 Å². The second-order valence-electron chi connectivity index (χ2n) is 3.19. The van der Waals surface area contributed by atoms with E-state index in [2.05, 4.69) is 47.6 Å². The Morgan fingerprint density at radius 2 is 0.895 bits per heavy atom. The molecule has 2 aromatic carbocycles. The van der Waals surface area contributed by atoms with Gasteiger partial charge in [0, 0.05) is 31.2 Å². The quantitative estimate of drug-likeness (QED) is 0.440. The Hall–Kier alpha value is -1.35. The maximum atomic E-state index is 4.47. The van der Waals surface area contributed by atoms with E-state index >= 15 is 0 Å². The molecular weight excluding hydrogens is 449 g/mol. The molecule has 3 heteroatoms. The van der Waals surface area contributed by atoms with Crippen LogP contribution in [0.5, 0.6) is 0 Å². The minimum absolute atomic E-state index is 0. The molecule has 19 heavy (non-hydrogen) atoms. The molecule has 0 unspecified atom stereocenters. The van der Waals surface area contributed by atoms with E-state index in [-0.39, 0.29) is 20.1 Å². The van der Waals surface area contributed by atoms with Crippen LogP contribution in [0.2, 0.25) is 0 Å². The molecule has 0 aliphatic heterocycles. The maximum absolute atomic E-state index is 4.47. The van der Waals surface area contributed by atoms with Crippen molar-refractivity contribution in [3.05, 3.63) is 71.8 Å². The smallest absolute Gasteiger partial charge is 0.0227 e. The molecule has 0 fully saturated rings. The summed E-state index contributed by atoms with van der Waals surface area (Å²) in [6.07, 6.45) is 0. The van der Waals surface area contributed by atoms with Gasteiger partial charge in [-0.15, -0.1) is 0 Å². The summed E-state index contributed by atoms with van der Waals surface area (Å²) in [6.45, 7) is 0. The fourth-order valence-corrected chi connectivity index (χ4v) is 1.40. The Morgan fingerprint density at radius 1 is 0.579 bits per heavy atom. The van der Waals surface area contributed by atoms with Gasteiger partial charge in [-0.05, 0) is 24.3 Å². The molecule has 0 bridgehead atoms. The average molecular weight is 459 g/mol.